The van der Waals surface area contributed by atoms with Crippen molar-refractivity contribution >= 4 is 21.6 Å². The quantitative estimate of drug-likeness (QED) is 0.816. The van der Waals surface area contributed by atoms with E-state index in [1.807, 2.05) is 0 Å². The molecule has 0 aliphatic heterocycles. The molecule has 0 heterocycles. The van der Waals surface area contributed by atoms with E-state index in [1.54, 1.807) is 6.92 Å². The highest BCUT2D eigenvalue weighted by Gasteiger charge is 2.17. The highest BCUT2D eigenvalue weighted by Crippen LogP contribution is 2.21. The van der Waals surface area contributed by atoms with E-state index in [1.165, 1.54) is 25.3 Å². The Morgan fingerprint density at radius 3 is 2.44 bits per heavy atom. The molecule has 0 aliphatic carbocycles. The second-order valence-electron chi connectivity index (χ2n) is 5.13. The molecule has 9 heteroatoms. The molecule has 0 aromatic heterocycles. The fourth-order valence-electron chi connectivity index (χ4n) is 2.04. The van der Waals surface area contributed by atoms with Crippen LogP contribution in [0.3, 0.4) is 0 Å². The van der Waals surface area contributed by atoms with Crippen LogP contribution in [0, 0.1) is 18.6 Å². The van der Waals surface area contributed by atoms with Gasteiger partial charge in [0.2, 0.25) is 15.9 Å². The predicted octanol–water partition coefficient (Wildman–Crippen LogP) is 2.20. The summed E-state index contributed by atoms with van der Waals surface area (Å²) in [5, 5.41) is 2.27. The topological polar surface area (TPSA) is 84.5 Å². The number of sulfonamides is 1. The van der Waals surface area contributed by atoms with Gasteiger partial charge in [0.15, 0.2) is 11.6 Å². The molecule has 0 atom stereocenters. The third-order valence-corrected chi connectivity index (χ3v) is 4.70. The maximum absolute atomic E-state index is 13.1. The van der Waals surface area contributed by atoms with Crippen molar-refractivity contribution in [2.45, 2.75) is 11.8 Å². The van der Waals surface area contributed by atoms with E-state index >= 15 is 0 Å². The molecule has 0 aliphatic rings. The average molecular weight is 370 g/mol. The van der Waals surface area contributed by atoms with Gasteiger partial charge in [-0.15, -0.1) is 0 Å². The van der Waals surface area contributed by atoms with Crippen LogP contribution in [-0.4, -0.2) is 28.0 Å². The molecule has 1 amide bonds. The first-order chi connectivity index (χ1) is 11.7. The highest BCUT2D eigenvalue weighted by atomic mass is 32.2. The van der Waals surface area contributed by atoms with Gasteiger partial charge in [0.1, 0.15) is 5.75 Å². The van der Waals surface area contributed by atoms with Crippen LogP contribution in [0.1, 0.15) is 5.56 Å². The second-order valence-corrected chi connectivity index (χ2v) is 6.90. The molecular formula is C16H16F2N2O4S. The Bertz CT molecular complexity index is 901. The van der Waals surface area contributed by atoms with Crippen LogP contribution in [0.15, 0.2) is 41.3 Å². The number of benzene rings is 2. The molecule has 0 saturated heterocycles. The normalized spacial score (nSPS) is 11.2. The first-order valence-electron chi connectivity index (χ1n) is 7.12. The van der Waals surface area contributed by atoms with Gasteiger partial charge in [0.05, 0.1) is 18.6 Å². The third kappa shape index (κ3) is 4.74. The van der Waals surface area contributed by atoms with Gasteiger partial charge in [-0.25, -0.2) is 21.9 Å². The summed E-state index contributed by atoms with van der Waals surface area (Å²) < 4.78 is 57.5. The standard InChI is InChI=1S/C16H16F2N2O4S/c1-10-7-12(4-6-15(10)24-2)25(22,23)19-9-16(21)20-11-3-5-13(17)14(18)8-11/h3-8,19H,9H2,1-2H3,(H,20,21). The fourth-order valence-corrected chi connectivity index (χ4v) is 3.11. The molecule has 0 saturated carbocycles. The number of nitrogens with one attached hydrogen (secondary N) is 2. The summed E-state index contributed by atoms with van der Waals surface area (Å²) in [6.07, 6.45) is 0. The first-order valence-corrected chi connectivity index (χ1v) is 8.60. The zero-order chi connectivity index (χ0) is 18.6. The highest BCUT2D eigenvalue weighted by molar-refractivity contribution is 7.89. The minimum Gasteiger partial charge on any atom is -0.496 e. The molecule has 134 valence electrons. The number of amides is 1. The Labute approximate surface area is 143 Å². The minimum absolute atomic E-state index is 0.0170. The molecule has 0 unspecified atom stereocenters. The Balaban J connectivity index is 2.02. The Kier molecular flexibility index (Phi) is 5.70. The van der Waals surface area contributed by atoms with Gasteiger partial charge in [-0.1, -0.05) is 0 Å². The number of carbonyl (C=O) groups excluding carboxylic acids is 1. The van der Waals surface area contributed by atoms with E-state index in [-0.39, 0.29) is 10.6 Å². The maximum atomic E-state index is 13.1. The van der Waals surface area contributed by atoms with Gasteiger partial charge >= 0.3 is 0 Å². The predicted molar refractivity (Wildman–Crippen MR) is 87.9 cm³/mol. The molecule has 0 radical (unpaired) electrons. The van der Waals surface area contributed by atoms with Gasteiger partial charge in [0.25, 0.3) is 0 Å². The molecule has 6 nitrogen and oxygen atoms in total. The smallest absolute Gasteiger partial charge is 0.241 e. The van der Waals surface area contributed by atoms with E-state index in [0.29, 0.717) is 11.3 Å². The second kappa shape index (κ2) is 7.58. The summed E-state index contributed by atoms with van der Waals surface area (Å²) >= 11 is 0. The number of methoxy groups -OCH3 is 1. The molecule has 2 aromatic rings. The van der Waals surface area contributed by atoms with Crippen LogP contribution < -0.4 is 14.8 Å². The number of aryl methyl sites for hydroxylation is 1. The van der Waals surface area contributed by atoms with E-state index in [0.717, 1.165) is 18.2 Å². The van der Waals surface area contributed by atoms with Crippen LogP contribution in [0.25, 0.3) is 0 Å². The summed E-state index contributed by atoms with van der Waals surface area (Å²) in [6.45, 7) is 1.13. The minimum atomic E-state index is -3.91. The van der Waals surface area contributed by atoms with Crippen LogP contribution in [-0.2, 0) is 14.8 Å². The van der Waals surface area contributed by atoms with Crippen LogP contribution in [0.2, 0.25) is 0 Å². The van der Waals surface area contributed by atoms with E-state index in [2.05, 4.69) is 10.0 Å². The van der Waals surface area contributed by atoms with Gasteiger partial charge in [-0.05, 0) is 42.8 Å². The summed E-state index contributed by atoms with van der Waals surface area (Å²) in [4.78, 5) is 11.8. The van der Waals surface area contributed by atoms with Crippen molar-refractivity contribution in [3.05, 3.63) is 53.6 Å². The molecule has 0 fully saturated rings. The van der Waals surface area contributed by atoms with Crippen molar-refractivity contribution in [2.75, 3.05) is 19.0 Å². The third-order valence-electron chi connectivity index (χ3n) is 3.30. The number of carbonyl (C=O) groups is 1. The lowest BCUT2D eigenvalue weighted by atomic mass is 10.2. The van der Waals surface area contributed by atoms with E-state index in [4.69, 9.17) is 4.74 Å². The fraction of sp³-hybridized carbons (Fsp3) is 0.188. The molecule has 2 N–H and O–H groups in total. The zero-order valence-corrected chi connectivity index (χ0v) is 14.3. The van der Waals surface area contributed by atoms with Crippen molar-refractivity contribution in [3.8, 4) is 5.75 Å². The van der Waals surface area contributed by atoms with Gasteiger partial charge in [-0.3, -0.25) is 4.79 Å². The molecule has 2 aromatic carbocycles. The summed E-state index contributed by atoms with van der Waals surface area (Å²) in [5.74, 6) is -2.35. The molecule has 2 rings (SSSR count). The Morgan fingerprint density at radius 2 is 1.84 bits per heavy atom. The summed E-state index contributed by atoms with van der Waals surface area (Å²) in [6, 6.07) is 7.09. The average Bonchev–Trinajstić information content (AvgIpc) is 2.56. The number of rotatable bonds is 6. The molecule has 0 bridgehead atoms. The molecule has 0 spiro atoms. The van der Waals surface area contributed by atoms with Gasteiger partial charge in [-0.2, -0.15) is 0 Å². The van der Waals surface area contributed by atoms with Crippen LogP contribution in [0.4, 0.5) is 14.5 Å². The van der Waals surface area contributed by atoms with Gasteiger partial charge in [0, 0.05) is 11.8 Å². The number of anilines is 1. The SMILES string of the molecule is COc1ccc(S(=O)(=O)NCC(=O)Nc2ccc(F)c(F)c2)cc1C. The lowest BCUT2D eigenvalue weighted by Crippen LogP contribution is -2.33. The number of ether oxygens (including phenoxy) is 1. The monoisotopic (exact) mass is 370 g/mol. The first kappa shape index (κ1) is 18.8. The molecular weight excluding hydrogens is 354 g/mol. The maximum Gasteiger partial charge on any atom is 0.241 e. The number of halogens is 2. The lowest BCUT2D eigenvalue weighted by Gasteiger charge is -2.10. The van der Waals surface area contributed by atoms with Crippen molar-refractivity contribution in [2.24, 2.45) is 0 Å². The van der Waals surface area contributed by atoms with E-state index < -0.39 is 34.1 Å². The Hall–Kier alpha value is -2.52. The van der Waals surface area contributed by atoms with Crippen molar-refractivity contribution in [1.82, 2.24) is 4.72 Å². The van der Waals surface area contributed by atoms with Crippen LogP contribution >= 0.6 is 0 Å². The Morgan fingerprint density at radius 1 is 1.12 bits per heavy atom. The summed E-state index contributed by atoms with van der Waals surface area (Å²) in [7, 11) is -2.44. The van der Waals surface area contributed by atoms with Crippen molar-refractivity contribution in [3.63, 3.8) is 0 Å². The van der Waals surface area contributed by atoms with Crippen molar-refractivity contribution < 1.29 is 26.7 Å². The van der Waals surface area contributed by atoms with E-state index in [9.17, 15) is 22.0 Å². The lowest BCUT2D eigenvalue weighted by molar-refractivity contribution is -0.115. The van der Waals surface area contributed by atoms with Gasteiger partial charge < -0.3 is 10.1 Å². The summed E-state index contributed by atoms with van der Waals surface area (Å²) in [5.41, 5.74) is 0.639. The largest absolute Gasteiger partial charge is 0.496 e. The zero-order valence-electron chi connectivity index (χ0n) is 13.5. The molecule has 25 heavy (non-hydrogen) atoms. The number of hydrogen-bond donors (Lipinski definition) is 2. The van der Waals surface area contributed by atoms with Crippen molar-refractivity contribution in [1.29, 1.82) is 0 Å². The van der Waals surface area contributed by atoms with Crippen LogP contribution in [0.5, 0.6) is 5.75 Å². The number of hydrogen-bond acceptors (Lipinski definition) is 4.